The first kappa shape index (κ1) is 20.9. The third-order valence-corrected chi connectivity index (χ3v) is 3.74. The smallest absolute Gasteiger partial charge is 0.328 e. The lowest BCUT2D eigenvalue weighted by Crippen LogP contribution is -2.51. The van der Waals surface area contributed by atoms with Crippen LogP contribution in [0.3, 0.4) is 0 Å². The average Bonchev–Trinajstić information content (AvgIpc) is 2.60. The Bertz CT molecular complexity index is 723. The molecule has 0 heterocycles. The standard InChI is InChI=1S/C18H22N2O4.ClH/c1-23-11-15(19)17(21)20-16(18(22)24-2)10-12-7-8-13-5-3-4-6-14(13)9-12;/h3-9,15-16H,10-11,19H2,1-2H3,(H,20,21);1H. The average molecular weight is 367 g/mol. The number of methoxy groups -OCH3 is 2. The number of nitrogens with two attached hydrogens (primary N) is 1. The molecule has 1 amide bonds. The number of halogens is 1. The van der Waals surface area contributed by atoms with E-state index in [9.17, 15) is 9.59 Å². The zero-order chi connectivity index (χ0) is 17.5. The van der Waals surface area contributed by atoms with Gasteiger partial charge in [-0.1, -0.05) is 42.5 Å². The molecule has 3 N–H and O–H groups in total. The fourth-order valence-electron chi connectivity index (χ4n) is 2.47. The molecule has 0 bridgehead atoms. The van der Waals surface area contributed by atoms with Crippen LogP contribution in [0, 0.1) is 0 Å². The summed E-state index contributed by atoms with van der Waals surface area (Å²) in [5.41, 5.74) is 6.62. The molecule has 0 saturated carbocycles. The van der Waals surface area contributed by atoms with Crippen molar-refractivity contribution < 1.29 is 19.1 Å². The maximum atomic E-state index is 12.0. The second-order valence-electron chi connectivity index (χ2n) is 5.53. The third-order valence-electron chi connectivity index (χ3n) is 3.74. The third kappa shape index (κ3) is 5.70. The molecule has 0 spiro atoms. The van der Waals surface area contributed by atoms with Crippen LogP contribution in [0.25, 0.3) is 10.8 Å². The van der Waals surface area contributed by atoms with E-state index in [0.717, 1.165) is 16.3 Å². The molecule has 2 atom stereocenters. The number of amides is 1. The van der Waals surface area contributed by atoms with E-state index >= 15 is 0 Å². The van der Waals surface area contributed by atoms with Crippen LogP contribution in [0.5, 0.6) is 0 Å². The summed E-state index contributed by atoms with van der Waals surface area (Å²) in [4.78, 5) is 24.0. The number of carbonyl (C=O) groups excluding carboxylic acids is 2. The normalized spacial score (nSPS) is 12.8. The number of hydrogen-bond donors (Lipinski definition) is 2. The summed E-state index contributed by atoms with van der Waals surface area (Å²) in [5.74, 6) is -0.964. The minimum atomic E-state index is -0.834. The highest BCUT2D eigenvalue weighted by Crippen LogP contribution is 2.17. The first-order valence-electron chi connectivity index (χ1n) is 7.65. The molecule has 25 heavy (non-hydrogen) atoms. The van der Waals surface area contributed by atoms with Crippen molar-refractivity contribution in [1.29, 1.82) is 0 Å². The van der Waals surface area contributed by atoms with Gasteiger partial charge in [-0.3, -0.25) is 4.79 Å². The zero-order valence-electron chi connectivity index (χ0n) is 14.2. The van der Waals surface area contributed by atoms with E-state index in [4.69, 9.17) is 15.2 Å². The summed E-state index contributed by atoms with van der Waals surface area (Å²) in [6.45, 7) is 0.0791. The molecule has 2 aromatic rings. The van der Waals surface area contributed by atoms with Crippen molar-refractivity contribution >= 4 is 35.1 Å². The Kier molecular flexibility index (Phi) is 8.34. The van der Waals surface area contributed by atoms with Gasteiger partial charge in [-0.2, -0.15) is 0 Å². The minimum Gasteiger partial charge on any atom is -0.467 e. The molecule has 0 aromatic heterocycles. The van der Waals surface area contributed by atoms with Crippen LogP contribution >= 0.6 is 12.4 Å². The lowest BCUT2D eigenvalue weighted by Gasteiger charge is -2.19. The van der Waals surface area contributed by atoms with E-state index in [0.29, 0.717) is 6.42 Å². The van der Waals surface area contributed by atoms with Gasteiger partial charge in [0.05, 0.1) is 13.7 Å². The van der Waals surface area contributed by atoms with Crippen LogP contribution in [0.15, 0.2) is 42.5 Å². The van der Waals surface area contributed by atoms with Gasteiger partial charge in [-0.25, -0.2) is 4.79 Å². The van der Waals surface area contributed by atoms with E-state index in [-0.39, 0.29) is 19.0 Å². The van der Waals surface area contributed by atoms with Crippen molar-refractivity contribution in [2.45, 2.75) is 18.5 Å². The highest BCUT2D eigenvalue weighted by molar-refractivity contribution is 5.88. The number of nitrogens with one attached hydrogen (secondary N) is 1. The molecule has 0 radical (unpaired) electrons. The Hall–Kier alpha value is -2.15. The van der Waals surface area contributed by atoms with Gasteiger partial charge in [0, 0.05) is 13.5 Å². The van der Waals surface area contributed by atoms with Crippen LogP contribution in [-0.4, -0.2) is 44.8 Å². The van der Waals surface area contributed by atoms with Crippen LogP contribution in [0.4, 0.5) is 0 Å². The van der Waals surface area contributed by atoms with Gasteiger partial charge in [0.25, 0.3) is 0 Å². The molecule has 7 heteroatoms. The number of rotatable bonds is 7. The van der Waals surface area contributed by atoms with Gasteiger partial charge in [0.1, 0.15) is 12.1 Å². The second-order valence-corrected chi connectivity index (χ2v) is 5.53. The van der Waals surface area contributed by atoms with Crippen molar-refractivity contribution in [1.82, 2.24) is 5.32 Å². The Labute approximate surface area is 153 Å². The molecule has 0 fully saturated rings. The summed E-state index contributed by atoms with van der Waals surface area (Å²) in [7, 11) is 2.75. The highest BCUT2D eigenvalue weighted by atomic mass is 35.5. The van der Waals surface area contributed by atoms with Crippen LogP contribution in [0.1, 0.15) is 5.56 Å². The van der Waals surface area contributed by atoms with Crippen molar-refractivity contribution in [3.05, 3.63) is 48.0 Å². The molecule has 136 valence electrons. The number of esters is 1. The van der Waals surface area contributed by atoms with Crippen LogP contribution in [0.2, 0.25) is 0 Å². The first-order chi connectivity index (χ1) is 11.5. The molecule has 0 aliphatic carbocycles. The fraction of sp³-hybridized carbons (Fsp3) is 0.333. The van der Waals surface area contributed by atoms with Crippen molar-refractivity contribution in [2.75, 3.05) is 20.8 Å². The second kappa shape index (κ2) is 9.98. The zero-order valence-corrected chi connectivity index (χ0v) is 15.0. The number of benzene rings is 2. The number of fused-ring (bicyclic) bond motifs is 1. The Balaban J connectivity index is 0.00000312. The van der Waals surface area contributed by atoms with Crippen LogP contribution < -0.4 is 11.1 Å². The molecular weight excluding hydrogens is 344 g/mol. The Morgan fingerprint density at radius 1 is 1.12 bits per heavy atom. The maximum Gasteiger partial charge on any atom is 0.328 e. The lowest BCUT2D eigenvalue weighted by atomic mass is 10.0. The molecular formula is C18H23ClN2O4. The largest absolute Gasteiger partial charge is 0.467 e. The Morgan fingerprint density at radius 3 is 2.44 bits per heavy atom. The molecule has 0 aliphatic rings. The summed E-state index contributed by atoms with van der Waals surface area (Å²) in [5, 5.41) is 4.81. The maximum absolute atomic E-state index is 12.0. The predicted octanol–water partition coefficient (Wildman–Crippen LogP) is 1.44. The first-order valence-corrected chi connectivity index (χ1v) is 7.65. The molecule has 6 nitrogen and oxygen atoms in total. The topological polar surface area (TPSA) is 90.6 Å². The SMILES string of the molecule is COCC(N)C(=O)NC(Cc1ccc2ccccc2c1)C(=O)OC.Cl. The Morgan fingerprint density at radius 2 is 1.80 bits per heavy atom. The van der Waals surface area contributed by atoms with Crippen LogP contribution in [-0.2, 0) is 25.5 Å². The number of hydrogen-bond acceptors (Lipinski definition) is 5. The van der Waals surface area contributed by atoms with E-state index in [1.165, 1.54) is 14.2 Å². The highest BCUT2D eigenvalue weighted by Gasteiger charge is 2.24. The van der Waals surface area contributed by atoms with E-state index in [2.05, 4.69) is 5.32 Å². The minimum absolute atomic E-state index is 0. The van der Waals surface area contributed by atoms with Crippen molar-refractivity contribution in [2.24, 2.45) is 5.73 Å². The van der Waals surface area contributed by atoms with Crippen molar-refractivity contribution in [3.8, 4) is 0 Å². The van der Waals surface area contributed by atoms with Gasteiger partial charge in [0.15, 0.2) is 0 Å². The predicted molar refractivity (Wildman–Crippen MR) is 98.7 cm³/mol. The van der Waals surface area contributed by atoms with Gasteiger partial charge in [-0.15, -0.1) is 12.4 Å². The van der Waals surface area contributed by atoms with E-state index in [1.807, 2.05) is 42.5 Å². The van der Waals surface area contributed by atoms with Gasteiger partial charge < -0.3 is 20.5 Å². The summed E-state index contributed by atoms with van der Waals surface area (Å²) < 4.78 is 9.64. The fourth-order valence-corrected chi connectivity index (χ4v) is 2.47. The van der Waals surface area contributed by atoms with Gasteiger partial charge >= 0.3 is 5.97 Å². The van der Waals surface area contributed by atoms with E-state index in [1.54, 1.807) is 0 Å². The van der Waals surface area contributed by atoms with Gasteiger partial charge in [0.2, 0.25) is 5.91 Å². The molecule has 2 aromatic carbocycles. The van der Waals surface area contributed by atoms with Crippen molar-refractivity contribution in [3.63, 3.8) is 0 Å². The number of carbonyl (C=O) groups is 2. The quantitative estimate of drug-likeness (QED) is 0.723. The summed E-state index contributed by atoms with van der Waals surface area (Å²) in [6, 6.07) is 12.2. The molecule has 2 unspecified atom stereocenters. The summed E-state index contributed by atoms with van der Waals surface area (Å²) >= 11 is 0. The summed E-state index contributed by atoms with van der Waals surface area (Å²) in [6.07, 6.45) is 0.322. The molecule has 0 saturated heterocycles. The lowest BCUT2D eigenvalue weighted by molar-refractivity contribution is -0.145. The number of ether oxygens (including phenoxy) is 2. The van der Waals surface area contributed by atoms with E-state index < -0.39 is 24.0 Å². The van der Waals surface area contributed by atoms with Gasteiger partial charge in [-0.05, 0) is 16.3 Å². The monoisotopic (exact) mass is 366 g/mol. The molecule has 2 rings (SSSR count). The molecule has 0 aliphatic heterocycles.